The van der Waals surface area contributed by atoms with Crippen molar-refractivity contribution in [3.63, 3.8) is 0 Å². The number of rotatable bonds is 12. The third-order valence-electron chi connectivity index (χ3n) is 3.54. The van der Waals surface area contributed by atoms with Crippen molar-refractivity contribution in [3.8, 4) is 5.75 Å². The molecule has 9 heteroatoms. The van der Waals surface area contributed by atoms with Crippen LogP contribution in [0, 0.1) is 10.1 Å². The smallest absolute Gasteiger partial charge is 0.233 e. The quantitative estimate of drug-likeness (QED) is 0.331. The van der Waals surface area contributed by atoms with Gasteiger partial charge in [-0.25, -0.2) is 4.98 Å². The first-order chi connectivity index (χ1) is 12.7. The standard InChI is InChI=1S/C17H22N4O3S2/c1-24-17-3-2-6-19-16(17)12-26-8-5-14(10-21(22)23)4-7-25-11-15-9-18-13-20-15/h2-3,6,9-10,13H,4-5,7-8,11-12H2,1H3,(H,18,20)/b14-10+. The summed E-state index contributed by atoms with van der Waals surface area (Å²) >= 11 is 3.44. The molecule has 0 unspecified atom stereocenters. The number of ether oxygens (including phenoxy) is 1. The molecule has 0 aliphatic rings. The highest BCUT2D eigenvalue weighted by molar-refractivity contribution is 7.98. The van der Waals surface area contributed by atoms with Crippen molar-refractivity contribution in [2.24, 2.45) is 0 Å². The predicted octanol–water partition coefficient (Wildman–Crippen LogP) is 3.92. The van der Waals surface area contributed by atoms with E-state index in [2.05, 4.69) is 15.0 Å². The van der Waals surface area contributed by atoms with Crippen molar-refractivity contribution in [3.05, 3.63) is 64.1 Å². The number of nitrogens with one attached hydrogen (secondary N) is 1. The average Bonchev–Trinajstić information content (AvgIpc) is 3.15. The molecule has 0 aliphatic carbocycles. The van der Waals surface area contributed by atoms with E-state index < -0.39 is 0 Å². The third kappa shape index (κ3) is 7.49. The van der Waals surface area contributed by atoms with Gasteiger partial charge in [-0.1, -0.05) is 0 Å². The lowest BCUT2D eigenvalue weighted by molar-refractivity contribution is -0.403. The Morgan fingerprint density at radius 2 is 2.12 bits per heavy atom. The molecule has 2 heterocycles. The van der Waals surface area contributed by atoms with E-state index in [9.17, 15) is 10.1 Å². The van der Waals surface area contributed by atoms with Crippen molar-refractivity contribution in [1.29, 1.82) is 0 Å². The lowest BCUT2D eigenvalue weighted by atomic mass is 10.2. The molecule has 0 radical (unpaired) electrons. The van der Waals surface area contributed by atoms with E-state index in [0.717, 1.165) is 51.9 Å². The first-order valence-corrected chi connectivity index (χ1v) is 10.4. The molecule has 0 aliphatic heterocycles. The predicted molar refractivity (Wildman–Crippen MR) is 106 cm³/mol. The first kappa shape index (κ1) is 20.3. The summed E-state index contributed by atoms with van der Waals surface area (Å²) in [5.74, 6) is 3.99. The zero-order chi connectivity index (χ0) is 18.6. The number of allylic oxidation sites excluding steroid dienone is 1. The second-order valence-corrected chi connectivity index (χ2v) is 7.62. The molecule has 1 N–H and O–H groups in total. The summed E-state index contributed by atoms with van der Waals surface area (Å²) in [6.07, 6.45) is 7.76. The van der Waals surface area contributed by atoms with Gasteiger partial charge >= 0.3 is 0 Å². The molecule has 7 nitrogen and oxygen atoms in total. The van der Waals surface area contributed by atoms with Gasteiger partial charge in [0.2, 0.25) is 6.20 Å². The van der Waals surface area contributed by atoms with Gasteiger partial charge in [0.1, 0.15) is 5.75 Å². The Labute approximate surface area is 161 Å². The number of pyridine rings is 1. The van der Waals surface area contributed by atoms with Crippen LogP contribution >= 0.6 is 23.5 Å². The van der Waals surface area contributed by atoms with Crippen LogP contribution in [0.1, 0.15) is 24.2 Å². The van der Waals surface area contributed by atoms with Crippen LogP contribution in [-0.4, -0.2) is 38.5 Å². The number of nitro groups is 1. The second-order valence-electron chi connectivity index (χ2n) is 5.41. The van der Waals surface area contributed by atoms with Crippen LogP contribution in [0.4, 0.5) is 0 Å². The van der Waals surface area contributed by atoms with E-state index >= 15 is 0 Å². The summed E-state index contributed by atoms with van der Waals surface area (Å²) in [4.78, 5) is 21.8. The maximum Gasteiger partial charge on any atom is 0.233 e. The molecule has 0 spiro atoms. The highest BCUT2D eigenvalue weighted by Crippen LogP contribution is 2.23. The molecule has 0 fully saturated rings. The molecule has 2 aromatic heterocycles. The number of hydrogen-bond donors (Lipinski definition) is 1. The maximum absolute atomic E-state index is 10.8. The Hall–Kier alpha value is -2.00. The summed E-state index contributed by atoms with van der Waals surface area (Å²) in [6, 6.07) is 3.73. The van der Waals surface area contributed by atoms with Gasteiger partial charge in [-0.15, -0.1) is 0 Å². The van der Waals surface area contributed by atoms with Gasteiger partial charge < -0.3 is 9.72 Å². The molecule has 26 heavy (non-hydrogen) atoms. The molecule has 0 aromatic carbocycles. The number of H-pyrrole nitrogens is 1. The summed E-state index contributed by atoms with van der Waals surface area (Å²) in [7, 11) is 1.63. The number of aromatic nitrogens is 3. The van der Waals surface area contributed by atoms with E-state index in [0.29, 0.717) is 12.8 Å². The zero-order valence-corrected chi connectivity index (χ0v) is 16.2. The van der Waals surface area contributed by atoms with Gasteiger partial charge in [0.05, 0.1) is 24.1 Å². The van der Waals surface area contributed by atoms with Crippen LogP contribution in [-0.2, 0) is 11.5 Å². The van der Waals surface area contributed by atoms with Crippen LogP contribution in [0.5, 0.6) is 5.75 Å². The molecular formula is C17H22N4O3S2. The summed E-state index contributed by atoms with van der Waals surface area (Å²) in [5, 5.41) is 10.8. The topological polar surface area (TPSA) is 93.9 Å². The van der Waals surface area contributed by atoms with Crippen molar-refractivity contribution in [2.75, 3.05) is 18.6 Å². The fraction of sp³-hybridized carbons (Fsp3) is 0.412. The molecule has 0 bridgehead atoms. The first-order valence-electron chi connectivity index (χ1n) is 8.12. The number of thioether (sulfide) groups is 2. The minimum absolute atomic E-state index is 0.360. The number of hydrogen-bond acceptors (Lipinski definition) is 7. The molecule has 0 saturated heterocycles. The van der Waals surface area contributed by atoms with E-state index in [1.54, 1.807) is 49.4 Å². The van der Waals surface area contributed by atoms with Gasteiger partial charge in [0.15, 0.2) is 0 Å². The monoisotopic (exact) mass is 394 g/mol. The van der Waals surface area contributed by atoms with E-state index in [1.165, 1.54) is 0 Å². The lowest BCUT2D eigenvalue weighted by Crippen LogP contribution is -1.97. The minimum Gasteiger partial charge on any atom is -0.495 e. The zero-order valence-electron chi connectivity index (χ0n) is 14.6. The van der Waals surface area contributed by atoms with Gasteiger partial charge in [-0.2, -0.15) is 23.5 Å². The van der Waals surface area contributed by atoms with E-state index in [1.807, 2.05) is 12.1 Å². The third-order valence-corrected chi connectivity index (χ3v) is 5.52. The lowest BCUT2D eigenvalue weighted by Gasteiger charge is -2.07. The van der Waals surface area contributed by atoms with Crippen molar-refractivity contribution in [2.45, 2.75) is 24.3 Å². The van der Waals surface area contributed by atoms with Crippen molar-refractivity contribution < 1.29 is 9.66 Å². The van der Waals surface area contributed by atoms with Crippen molar-refractivity contribution in [1.82, 2.24) is 15.0 Å². The molecule has 0 amide bonds. The fourth-order valence-electron chi connectivity index (χ4n) is 2.24. The van der Waals surface area contributed by atoms with Crippen LogP contribution < -0.4 is 4.74 Å². The number of aromatic amines is 1. The van der Waals surface area contributed by atoms with Gasteiger partial charge in [0, 0.05) is 35.2 Å². The average molecular weight is 395 g/mol. The second kappa shape index (κ2) is 11.6. The maximum atomic E-state index is 10.8. The molecular weight excluding hydrogens is 372 g/mol. The molecule has 0 saturated carbocycles. The normalized spacial score (nSPS) is 11.5. The highest BCUT2D eigenvalue weighted by atomic mass is 32.2. The highest BCUT2D eigenvalue weighted by Gasteiger charge is 2.07. The van der Waals surface area contributed by atoms with Crippen LogP contribution in [0.3, 0.4) is 0 Å². The van der Waals surface area contributed by atoms with Crippen molar-refractivity contribution >= 4 is 23.5 Å². The Morgan fingerprint density at radius 3 is 2.77 bits per heavy atom. The Balaban J connectivity index is 1.72. The summed E-state index contributed by atoms with van der Waals surface area (Å²) in [5.41, 5.74) is 2.83. The molecule has 2 aromatic rings. The molecule has 0 atom stereocenters. The summed E-state index contributed by atoms with van der Waals surface area (Å²) in [6.45, 7) is 0. The minimum atomic E-state index is -0.360. The number of methoxy groups -OCH3 is 1. The summed E-state index contributed by atoms with van der Waals surface area (Å²) < 4.78 is 5.29. The Morgan fingerprint density at radius 1 is 1.35 bits per heavy atom. The fourth-order valence-corrected chi connectivity index (χ4v) is 4.13. The molecule has 140 valence electrons. The largest absolute Gasteiger partial charge is 0.495 e. The van der Waals surface area contributed by atoms with Gasteiger partial charge in [0.25, 0.3) is 0 Å². The SMILES string of the molecule is COc1cccnc1CSCC/C(=C/[N+](=O)[O-])CCSCc1cnc[nH]1. The Kier molecular flexibility index (Phi) is 9.05. The van der Waals surface area contributed by atoms with Crippen LogP contribution in [0.25, 0.3) is 0 Å². The number of imidazole rings is 1. The van der Waals surface area contributed by atoms with E-state index in [-0.39, 0.29) is 4.92 Å². The van der Waals surface area contributed by atoms with Crippen LogP contribution in [0.15, 0.2) is 42.6 Å². The van der Waals surface area contributed by atoms with Gasteiger partial charge in [-0.3, -0.25) is 15.1 Å². The van der Waals surface area contributed by atoms with Crippen LogP contribution in [0.2, 0.25) is 0 Å². The Bertz CT molecular complexity index is 708. The van der Waals surface area contributed by atoms with E-state index in [4.69, 9.17) is 4.74 Å². The van der Waals surface area contributed by atoms with Gasteiger partial charge in [-0.05, 0) is 36.5 Å². The number of nitrogens with zero attached hydrogens (tertiary/aromatic N) is 3. The molecule has 2 rings (SSSR count).